The molecule has 0 atom stereocenters. The molecule has 0 saturated carbocycles. The number of hydrogen-bond acceptors (Lipinski definition) is 1. The molecule has 0 unspecified atom stereocenters. The molecule has 0 radical (unpaired) electrons. The standard InChI is InChI=1S/C8H10FNO/c1-4-5-8(6(2)9)10-7(3)11/h4-5H,1-2H2,3H3,(H,10,11)/b8-5+. The van der Waals surface area contributed by atoms with Gasteiger partial charge in [-0.15, -0.1) is 0 Å². The highest BCUT2D eigenvalue weighted by Gasteiger charge is 2.00. The molecule has 0 rings (SSSR count). The van der Waals surface area contributed by atoms with Gasteiger partial charge in [-0.3, -0.25) is 4.79 Å². The van der Waals surface area contributed by atoms with Crippen molar-refractivity contribution in [3.63, 3.8) is 0 Å². The first-order valence-electron chi connectivity index (χ1n) is 3.03. The molecule has 0 aromatic carbocycles. The highest BCUT2D eigenvalue weighted by Crippen LogP contribution is 2.04. The minimum atomic E-state index is -0.680. The third-order valence-electron chi connectivity index (χ3n) is 0.887. The zero-order valence-electron chi connectivity index (χ0n) is 6.36. The Balaban J connectivity index is 4.35. The van der Waals surface area contributed by atoms with Crippen molar-refractivity contribution in [1.29, 1.82) is 0 Å². The van der Waals surface area contributed by atoms with Gasteiger partial charge in [0.05, 0.1) is 5.70 Å². The second kappa shape index (κ2) is 4.44. The van der Waals surface area contributed by atoms with E-state index in [-0.39, 0.29) is 11.6 Å². The van der Waals surface area contributed by atoms with Gasteiger partial charge >= 0.3 is 0 Å². The number of nitrogens with one attached hydrogen (secondary N) is 1. The van der Waals surface area contributed by atoms with Crippen LogP contribution in [0, 0.1) is 0 Å². The first kappa shape index (κ1) is 9.62. The molecule has 0 saturated heterocycles. The highest BCUT2D eigenvalue weighted by molar-refractivity contribution is 5.75. The Kier molecular flexibility index (Phi) is 3.88. The highest BCUT2D eigenvalue weighted by atomic mass is 19.1. The summed E-state index contributed by atoms with van der Waals surface area (Å²) in [5, 5.41) is 2.26. The van der Waals surface area contributed by atoms with Crippen LogP contribution in [0.25, 0.3) is 0 Å². The molecule has 0 fully saturated rings. The maximum absolute atomic E-state index is 12.4. The van der Waals surface area contributed by atoms with Gasteiger partial charge in [-0.2, -0.15) is 0 Å². The van der Waals surface area contributed by atoms with E-state index in [0.717, 1.165) is 0 Å². The minimum absolute atomic E-state index is 0.0486. The van der Waals surface area contributed by atoms with Crippen molar-refractivity contribution in [3.05, 3.63) is 36.8 Å². The topological polar surface area (TPSA) is 29.1 Å². The monoisotopic (exact) mass is 155 g/mol. The van der Waals surface area contributed by atoms with Crippen molar-refractivity contribution in [3.8, 4) is 0 Å². The third kappa shape index (κ3) is 4.08. The fourth-order valence-electron chi connectivity index (χ4n) is 0.507. The van der Waals surface area contributed by atoms with E-state index in [0.29, 0.717) is 0 Å². The van der Waals surface area contributed by atoms with Crippen LogP contribution in [-0.2, 0) is 4.79 Å². The molecule has 0 aromatic rings. The van der Waals surface area contributed by atoms with Crippen LogP contribution >= 0.6 is 0 Å². The van der Waals surface area contributed by atoms with E-state index in [9.17, 15) is 9.18 Å². The molecule has 0 aromatic heterocycles. The quantitative estimate of drug-likeness (QED) is 0.617. The van der Waals surface area contributed by atoms with Gasteiger partial charge < -0.3 is 5.32 Å². The van der Waals surface area contributed by atoms with Crippen LogP contribution in [0.4, 0.5) is 4.39 Å². The van der Waals surface area contributed by atoms with Gasteiger partial charge in [0.25, 0.3) is 0 Å². The van der Waals surface area contributed by atoms with Crippen molar-refractivity contribution in [2.45, 2.75) is 6.92 Å². The van der Waals surface area contributed by atoms with Gasteiger partial charge in [0.15, 0.2) is 0 Å². The SMILES string of the molecule is C=C/C=C(/NC(C)=O)C(=C)F. The Morgan fingerprint density at radius 3 is 2.45 bits per heavy atom. The lowest BCUT2D eigenvalue weighted by molar-refractivity contribution is -0.118. The summed E-state index contributed by atoms with van der Waals surface area (Å²) in [4.78, 5) is 10.4. The zero-order valence-corrected chi connectivity index (χ0v) is 6.36. The van der Waals surface area contributed by atoms with Crippen molar-refractivity contribution >= 4 is 5.91 Å². The van der Waals surface area contributed by atoms with E-state index in [1.807, 2.05) is 0 Å². The van der Waals surface area contributed by atoms with E-state index >= 15 is 0 Å². The molecule has 0 bridgehead atoms. The van der Waals surface area contributed by atoms with E-state index in [1.165, 1.54) is 19.1 Å². The van der Waals surface area contributed by atoms with Crippen LogP contribution < -0.4 is 5.32 Å². The van der Waals surface area contributed by atoms with Crippen LogP contribution in [0.5, 0.6) is 0 Å². The van der Waals surface area contributed by atoms with Crippen LogP contribution in [0.2, 0.25) is 0 Å². The lowest BCUT2D eigenvalue weighted by Crippen LogP contribution is -2.19. The summed E-state index contributed by atoms with van der Waals surface area (Å²) in [5.41, 5.74) is 0.0486. The Labute approximate surface area is 65.1 Å². The molecule has 3 heteroatoms. The summed E-state index contributed by atoms with van der Waals surface area (Å²) in [7, 11) is 0. The Morgan fingerprint density at radius 2 is 2.18 bits per heavy atom. The van der Waals surface area contributed by atoms with Crippen LogP contribution in [0.3, 0.4) is 0 Å². The smallest absolute Gasteiger partial charge is 0.221 e. The van der Waals surface area contributed by atoms with Crippen molar-refractivity contribution in [2.75, 3.05) is 0 Å². The number of allylic oxidation sites excluding steroid dienone is 3. The van der Waals surface area contributed by atoms with E-state index in [2.05, 4.69) is 18.5 Å². The summed E-state index contributed by atoms with van der Waals surface area (Å²) in [6.45, 7) is 7.68. The minimum Gasteiger partial charge on any atom is -0.324 e. The maximum Gasteiger partial charge on any atom is 0.221 e. The molecule has 1 N–H and O–H groups in total. The molecule has 0 aliphatic rings. The first-order valence-corrected chi connectivity index (χ1v) is 3.03. The Hall–Kier alpha value is -1.38. The van der Waals surface area contributed by atoms with Crippen molar-refractivity contribution < 1.29 is 9.18 Å². The van der Waals surface area contributed by atoms with Gasteiger partial charge in [-0.05, 0) is 6.08 Å². The summed E-state index contributed by atoms with van der Waals surface area (Å²) < 4.78 is 12.4. The normalized spacial score (nSPS) is 10.5. The molecule has 0 heterocycles. The lowest BCUT2D eigenvalue weighted by atomic mass is 10.3. The van der Waals surface area contributed by atoms with Crippen molar-refractivity contribution in [2.24, 2.45) is 0 Å². The van der Waals surface area contributed by atoms with Crippen molar-refractivity contribution in [1.82, 2.24) is 5.32 Å². The fraction of sp³-hybridized carbons (Fsp3) is 0.125. The summed E-state index contributed by atoms with van der Waals surface area (Å²) in [6, 6.07) is 0. The molecule has 1 amide bonds. The van der Waals surface area contributed by atoms with Gasteiger partial charge in [-0.25, -0.2) is 4.39 Å². The average Bonchev–Trinajstić information content (AvgIpc) is 1.86. The molecule has 0 aliphatic heterocycles. The predicted molar refractivity (Wildman–Crippen MR) is 42.3 cm³/mol. The van der Waals surface area contributed by atoms with Crippen LogP contribution in [-0.4, -0.2) is 5.91 Å². The number of halogens is 1. The molecule has 0 aliphatic carbocycles. The van der Waals surface area contributed by atoms with Gasteiger partial charge in [0.1, 0.15) is 5.83 Å². The van der Waals surface area contributed by atoms with Crippen LogP contribution in [0.1, 0.15) is 6.92 Å². The number of amides is 1. The lowest BCUT2D eigenvalue weighted by Gasteiger charge is -2.02. The van der Waals surface area contributed by atoms with E-state index in [4.69, 9.17) is 0 Å². The molecule has 0 spiro atoms. The maximum atomic E-state index is 12.4. The van der Waals surface area contributed by atoms with Gasteiger partial charge in [-0.1, -0.05) is 19.2 Å². The number of carbonyl (C=O) groups excluding carboxylic acids is 1. The number of rotatable bonds is 3. The zero-order chi connectivity index (χ0) is 8.85. The Morgan fingerprint density at radius 1 is 1.64 bits per heavy atom. The third-order valence-corrected chi connectivity index (χ3v) is 0.887. The second-order valence-corrected chi connectivity index (χ2v) is 1.90. The summed E-state index contributed by atoms with van der Waals surface area (Å²) >= 11 is 0. The Bertz CT molecular complexity index is 218. The second-order valence-electron chi connectivity index (χ2n) is 1.90. The molecule has 11 heavy (non-hydrogen) atoms. The van der Waals surface area contributed by atoms with Gasteiger partial charge in [0.2, 0.25) is 5.91 Å². The van der Waals surface area contributed by atoms with Gasteiger partial charge in [0, 0.05) is 6.92 Å². The van der Waals surface area contributed by atoms with E-state index in [1.54, 1.807) is 0 Å². The number of carbonyl (C=O) groups is 1. The first-order chi connectivity index (χ1) is 5.07. The fourth-order valence-corrected chi connectivity index (χ4v) is 0.507. The summed E-state index contributed by atoms with van der Waals surface area (Å²) in [6.07, 6.45) is 2.71. The molecule has 60 valence electrons. The number of hydrogen-bond donors (Lipinski definition) is 1. The summed E-state index contributed by atoms with van der Waals surface area (Å²) in [5.74, 6) is -1.02. The van der Waals surface area contributed by atoms with E-state index < -0.39 is 5.83 Å². The molecule has 2 nitrogen and oxygen atoms in total. The largest absolute Gasteiger partial charge is 0.324 e. The molecular weight excluding hydrogens is 145 g/mol. The van der Waals surface area contributed by atoms with Crippen LogP contribution in [0.15, 0.2) is 36.8 Å². The average molecular weight is 155 g/mol. The molecular formula is C8H10FNO. The predicted octanol–water partition coefficient (Wildman–Crippen LogP) is 1.68.